The number of hydrogen-bond donors (Lipinski definition) is 4. The molecule has 1 aliphatic carbocycles. The Bertz CT molecular complexity index is 1170. The molecule has 3 aromatic rings. The summed E-state index contributed by atoms with van der Waals surface area (Å²) in [6, 6.07) is 17.8. The molecule has 0 bridgehead atoms. The number of aromatic hydroxyl groups is 1. The maximum atomic E-state index is 12.9. The number of phenolic OH excluding ortho intramolecular Hbond substituents is 1. The molecule has 0 aliphatic heterocycles. The fourth-order valence-electron chi connectivity index (χ4n) is 4.30. The number of amides is 1. The number of aliphatic hydroxyl groups is 2. The maximum absolute atomic E-state index is 12.9. The van der Waals surface area contributed by atoms with E-state index in [1.165, 1.54) is 0 Å². The molecular weight excluding hydrogens is 463 g/mol. The van der Waals surface area contributed by atoms with Crippen LogP contribution in [-0.4, -0.2) is 40.7 Å². The molecule has 35 heavy (non-hydrogen) atoms. The van der Waals surface area contributed by atoms with Crippen LogP contribution in [0.2, 0.25) is 0 Å². The van der Waals surface area contributed by atoms with E-state index in [-0.39, 0.29) is 25.5 Å². The number of hydrogen-bond acceptors (Lipinski definition) is 5. The van der Waals surface area contributed by atoms with Gasteiger partial charge in [-0.25, -0.2) is 4.79 Å². The van der Waals surface area contributed by atoms with Gasteiger partial charge >= 0.3 is 12.3 Å². The Labute approximate surface area is 199 Å². The number of alkyl halides is 3. The molecule has 9 heteroatoms. The smallest absolute Gasteiger partial charge is 0.416 e. The highest BCUT2D eigenvalue weighted by Crippen LogP contribution is 2.44. The van der Waals surface area contributed by atoms with Gasteiger partial charge in [-0.3, -0.25) is 0 Å². The van der Waals surface area contributed by atoms with Crippen molar-refractivity contribution in [3.63, 3.8) is 0 Å². The summed E-state index contributed by atoms with van der Waals surface area (Å²) in [5.74, 6) is -0.696. The molecule has 4 N–H and O–H groups in total. The third-order valence-electron chi connectivity index (χ3n) is 6.09. The molecule has 2 unspecified atom stereocenters. The Balaban J connectivity index is 1.30. The molecule has 0 radical (unpaired) electrons. The highest BCUT2D eigenvalue weighted by molar-refractivity contribution is 5.79. The number of halogens is 3. The van der Waals surface area contributed by atoms with E-state index in [1.54, 1.807) is 0 Å². The van der Waals surface area contributed by atoms with Crippen molar-refractivity contribution in [1.29, 1.82) is 0 Å². The van der Waals surface area contributed by atoms with Crippen LogP contribution in [0.25, 0.3) is 11.1 Å². The van der Waals surface area contributed by atoms with Gasteiger partial charge in [-0.2, -0.15) is 13.2 Å². The van der Waals surface area contributed by atoms with Gasteiger partial charge in [0.15, 0.2) is 0 Å². The predicted molar refractivity (Wildman–Crippen MR) is 122 cm³/mol. The SMILES string of the molecule is O=C(NCCC(O)C(O)c1cc(C(F)(F)F)ccc1O)OCC1c2ccccc2-c2ccccc21. The van der Waals surface area contributed by atoms with Crippen molar-refractivity contribution in [2.24, 2.45) is 0 Å². The molecule has 0 saturated heterocycles. The average molecular weight is 487 g/mol. The van der Waals surface area contributed by atoms with Crippen molar-refractivity contribution in [2.45, 2.75) is 30.7 Å². The summed E-state index contributed by atoms with van der Waals surface area (Å²) in [5.41, 5.74) is 2.78. The number of benzene rings is 3. The summed E-state index contributed by atoms with van der Waals surface area (Å²) in [6.45, 7) is -0.00221. The molecule has 1 amide bonds. The minimum Gasteiger partial charge on any atom is -0.508 e. The molecule has 6 nitrogen and oxygen atoms in total. The van der Waals surface area contributed by atoms with Crippen LogP contribution in [0.15, 0.2) is 66.7 Å². The van der Waals surface area contributed by atoms with E-state index < -0.39 is 41.4 Å². The Morgan fingerprint density at radius 1 is 0.971 bits per heavy atom. The lowest BCUT2D eigenvalue weighted by molar-refractivity contribution is -0.137. The lowest BCUT2D eigenvalue weighted by Gasteiger charge is -2.20. The van der Waals surface area contributed by atoms with Gasteiger partial charge in [0.05, 0.1) is 11.7 Å². The predicted octanol–water partition coefficient (Wildman–Crippen LogP) is 4.73. The first kappa shape index (κ1) is 24.6. The standard InChI is InChI=1S/C26H24F3NO5/c27-26(28,29)15-9-10-22(31)20(13-15)24(33)23(32)11-12-30-25(34)35-14-21-18-7-3-1-5-16(18)17-6-2-4-8-19(17)21/h1-10,13,21,23-24,31-33H,11-12,14H2,(H,30,34). The molecule has 0 aromatic heterocycles. The summed E-state index contributed by atoms with van der Waals surface area (Å²) >= 11 is 0. The molecule has 0 spiro atoms. The molecule has 0 heterocycles. The lowest BCUT2D eigenvalue weighted by Crippen LogP contribution is -2.30. The van der Waals surface area contributed by atoms with Crippen LogP contribution in [-0.2, 0) is 10.9 Å². The Morgan fingerprint density at radius 2 is 1.57 bits per heavy atom. The molecule has 2 atom stereocenters. The van der Waals surface area contributed by atoms with Crippen LogP contribution in [0.4, 0.5) is 18.0 Å². The van der Waals surface area contributed by atoms with Gasteiger partial charge < -0.3 is 25.4 Å². The second kappa shape index (κ2) is 9.97. The van der Waals surface area contributed by atoms with Gasteiger partial charge in [-0.1, -0.05) is 48.5 Å². The number of carbonyl (C=O) groups excluding carboxylic acids is 1. The fourth-order valence-corrected chi connectivity index (χ4v) is 4.30. The van der Waals surface area contributed by atoms with Gasteiger partial charge in [0, 0.05) is 18.0 Å². The van der Waals surface area contributed by atoms with Gasteiger partial charge in [0.25, 0.3) is 0 Å². The van der Waals surface area contributed by atoms with Crippen molar-refractivity contribution in [1.82, 2.24) is 5.32 Å². The van der Waals surface area contributed by atoms with Gasteiger partial charge in [-0.15, -0.1) is 0 Å². The first-order valence-electron chi connectivity index (χ1n) is 11.0. The minimum atomic E-state index is -4.67. The summed E-state index contributed by atoms with van der Waals surface area (Å²) in [7, 11) is 0. The summed E-state index contributed by atoms with van der Waals surface area (Å²) in [4.78, 5) is 12.2. The monoisotopic (exact) mass is 487 g/mol. The van der Waals surface area contributed by atoms with Crippen LogP contribution in [0.5, 0.6) is 5.75 Å². The normalized spacial score (nSPS) is 14.7. The Morgan fingerprint density at radius 3 is 2.17 bits per heavy atom. The van der Waals surface area contributed by atoms with Gasteiger partial charge in [0.1, 0.15) is 18.5 Å². The lowest BCUT2D eigenvalue weighted by atomic mass is 9.98. The Hall–Kier alpha value is -3.56. The van der Waals surface area contributed by atoms with E-state index in [1.807, 2.05) is 48.5 Å². The second-order valence-corrected chi connectivity index (χ2v) is 8.32. The number of nitrogens with one attached hydrogen (secondary N) is 1. The second-order valence-electron chi connectivity index (χ2n) is 8.32. The molecule has 1 aliphatic rings. The minimum absolute atomic E-state index is 0.100. The average Bonchev–Trinajstić information content (AvgIpc) is 3.15. The number of ether oxygens (including phenoxy) is 1. The van der Waals surface area contributed by atoms with E-state index in [0.717, 1.165) is 28.3 Å². The number of rotatable bonds is 7. The third kappa shape index (κ3) is 5.26. The first-order chi connectivity index (χ1) is 16.7. The zero-order chi connectivity index (χ0) is 25.2. The Kier molecular flexibility index (Phi) is 7.00. The van der Waals surface area contributed by atoms with Crippen LogP contribution in [0.1, 0.15) is 40.7 Å². The zero-order valence-electron chi connectivity index (χ0n) is 18.5. The summed E-state index contributed by atoms with van der Waals surface area (Å²) in [5, 5.41) is 32.7. The van der Waals surface area contributed by atoms with E-state index >= 15 is 0 Å². The largest absolute Gasteiger partial charge is 0.508 e. The molecule has 3 aromatic carbocycles. The number of aliphatic hydroxyl groups excluding tert-OH is 2. The van der Waals surface area contributed by atoms with Crippen LogP contribution in [0, 0.1) is 0 Å². The highest BCUT2D eigenvalue weighted by atomic mass is 19.4. The van der Waals surface area contributed by atoms with Gasteiger partial charge in [0.2, 0.25) is 0 Å². The van der Waals surface area contributed by atoms with Crippen molar-refractivity contribution in [3.05, 3.63) is 89.0 Å². The number of fused-ring (bicyclic) bond motifs is 3. The van der Waals surface area contributed by atoms with Crippen LogP contribution < -0.4 is 5.32 Å². The van der Waals surface area contributed by atoms with Crippen molar-refractivity contribution < 1.29 is 38.0 Å². The van der Waals surface area contributed by atoms with Gasteiger partial charge in [-0.05, 0) is 46.9 Å². The molecular formula is C26H24F3NO5. The maximum Gasteiger partial charge on any atom is 0.416 e. The highest BCUT2D eigenvalue weighted by Gasteiger charge is 2.33. The van der Waals surface area contributed by atoms with Crippen molar-refractivity contribution in [2.75, 3.05) is 13.2 Å². The number of alkyl carbamates (subject to hydrolysis) is 1. The quantitative estimate of drug-likeness (QED) is 0.386. The molecule has 0 fully saturated rings. The third-order valence-corrected chi connectivity index (χ3v) is 6.09. The summed E-state index contributed by atoms with van der Waals surface area (Å²) < 4.78 is 44.1. The first-order valence-corrected chi connectivity index (χ1v) is 11.0. The van der Waals surface area contributed by atoms with Crippen molar-refractivity contribution >= 4 is 6.09 Å². The van der Waals surface area contributed by atoms with E-state index in [0.29, 0.717) is 12.1 Å². The number of carbonyl (C=O) groups is 1. The zero-order valence-corrected chi connectivity index (χ0v) is 18.5. The molecule has 4 rings (SSSR count). The van der Waals surface area contributed by atoms with E-state index in [9.17, 15) is 33.3 Å². The van der Waals surface area contributed by atoms with E-state index in [2.05, 4.69) is 5.32 Å². The molecule has 0 saturated carbocycles. The van der Waals surface area contributed by atoms with Crippen LogP contribution >= 0.6 is 0 Å². The van der Waals surface area contributed by atoms with E-state index in [4.69, 9.17) is 4.74 Å². The number of phenols is 1. The fraction of sp³-hybridized carbons (Fsp3) is 0.269. The van der Waals surface area contributed by atoms with Crippen LogP contribution in [0.3, 0.4) is 0 Å². The molecule has 184 valence electrons. The van der Waals surface area contributed by atoms with Crippen molar-refractivity contribution in [3.8, 4) is 16.9 Å². The topological polar surface area (TPSA) is 99.0 Å². The summed E-state index contributed by atoms with van der Waals surface area (Å²) in [6.07, 6.45) is -8.88.